The van der Waals surface area contributed by atoms with E-state index in [0.717, 1.165) is 31.6 Å². The molecule has 0 aliphatic carbocycles. The highest BCUT2D eigenvalue weighted by Gasteiger charge is 2.10. The molecule has 0 radical (unpaired) electrons. The van der Waals surface area contributed by atoms with Crippen molar-refractivity contribution in [1.29, 1.82) is 0 Å². The van der Waals surface area contributed by atoms with Crippen molar-refractivity contribution in [3.8, 4) is 0 Å². The van der Waals surface area contributed by atoms with E-state index in [0.29, 0.717) is 6.42 Å². The summed E-state index contributed by atoms with van der Waals surface area (Å²) < 4.78 is 1.83. The molecule has 102 valence electrons. The highest BCUT2D eigenvalue weighted by Crippen LogP contribution is 2.09. The van der Waals surface area contributed by atoms with E-state index >= 15 is 0 Å². The van der Waals surface area contributed by atoms with Crippen LogP contribution in [0.4, 0.5) is 0 Å². The van der Waals surface area contributed by atoms with Crippen LogP contribution in [0, 0.1) is 0 Å². The number of aliphatic hydroxyl groups is 1. The maximum atomic E-state index is 10.0. The predicted octanol–water partition coefficient (Wildman–Crippen LogP) is 2.22. The van der Waals surface area contributed by atoms with Crippen LogP contribution in [0.3, 0.4) is 0 Å². The molecule has 0 bridgehead atoms. The molecule has 19 heavy (non-hydrogen) atoms. The summed E-state index contributed by atoms with van der Waals surface area (Å²) in [5.41, 5.74) is 1.33. The van der Waals surface area contributed by atoms with Gasteiger partial charge in [0.2, 0.25) is 0 Å². The number of benzene rings is 1. The van der Waals surface area contributed by atoms with E-state index in [9.17, 15) is 5.11 Å². The molecular formula is C15H21N3O. The summed E-state index contributed by atoms with van der Waals surface area (Å²) in [6.07, 6.45) is 4.60. The van der Waals surface area contributed by atoms with Gasteiger partial charge in [-0.2, -0.15) is 5.10 Å². The van der Waals surface area contributed by atoms with Crippen molar-refractivity contribution in [3.05, 3.63) is 48.0 Å². The lowest BCUT2D eigenvalue weighted by Gasteiger charge is -2.10. The molecule has 2 rings (SSSR count). The highest BCUT2D eigenvalue weighted by molar-refractivity contribution is 5.14. The molecule has 0 spiro atoms. The van der Waals surface area contributed by atoms with Gasteiger partial charge >= 0.3 is 0 Å². The van der Waals surface area contributed by atoms with E-state index in [1.807, 2.05) is 17.7 Å². The summed E-state index contributed by atoms with van der Waals surface area (Å²) in [4.78, 5) is 4.19. The zero-order valence-electron chi connectivity index (χ0n) is 11.4. The summed E-state index contributed by atoms with van der Waals surface area (Å²) in [5, 5.41) is 14.1. The van der Waals surface area contributed by atoms with Gasteiger partial charge in [0.15, 0.2) is 0 Å². The topological polar surface area (TPSA) is 50.9 Å². The van der Waals surface area contributed by atoms with Crippen molar-refractivity contribution < 1.29 is 5.11 Å². The Kier molecular flexibility index (Phi) is 5.10. The maximum absolute atomic E-state index is 10.0. The quantitative estimate of drug-likeness (QED) is 0.829. The van der Waals surface area contributed by atoms with Gasteiger partial charge in [0.05, 0.1) is 6.10 Å². The third-order valence-corrected chi connectivity index (χ3v) is 3.26. The van der Waals surface area contributed by atoms with Gasteiger partial charge in [-0.1, -0.05) is 30.3 Å². The molecule has 0 saturated carbocycles. The van der Waals surface area contributed by atoms with Crippen LogP contribution in [0.1, 0.15) is 31.2 Å². The number of aliphatic hydroxyl groups excluding tert-OH is 1. The van der Waals surface area contributed by atoms with Gasteiger partial charge in [-0.05, 0) is 31.7 Å². The van der Waals surface area contributed by atoms with Gasteiger partial charge in [-0.3, -0.25) is 4.68 Å². The van der Waals surface area contributed by atoms with Crippen LogP contribution in [0.25, 0.3) is 0 Å². The zero-order valence-corrected chi connectivity index (χ0v) is 11.4. The van der Waals surface area contributed by atoms with E-state index < -0.39 is 0 Å². The third-order valence-electron chi connectivity index (χ3n) is 3.26. The van der Waals surface area contributed by atoms with Crippen LogP contribution < -0.4 is 0 Å². The molecule has 4 heteroatoms. The molecule has 0 aliphatic rings. The molecule has 0 fully saturated rings. The fourth-order valence-electron chi connectivity index (χ4n) is 2.21. The second kappa shape index (κ2) is 7.04. The van der Waals surface area contributed by atoms with Gasteiger partial charge < -0.3 is 5.11 Å². The lowest BCUT2D eigenvalue weighted by Crippen LogP contribution is -2.15. The van der Waals surface area contributed by atoms with Crippen molar-refractivity contribution in [2.45, 2.75) is 45.3 Å². The van der Waals surface area contributed by atoms with Crippen molar-refractivity contribution in [2.75, 3.05) is 0 Å². The minimum absolute atomic E-state index is 0.335. The van der Waals surface area contributed by atoms with E-state index in [2.05, 4.69) is 34.3 Å². The number of nitrogens with zero attached hydrogens (tertiary/aromatic N) is 3. The van der Waals surface area contributed by atoms with Gasteiger partial charge in [0.1, 0.15) is 12.2 Å². The summed E-state index contributed by atoms with van der Waals surface area (Å²) in [6.45, 7) is 2.83. The predicted molar refractivity (Wildman–Crippen MR) is 74.8 cm³/mol. The average molecular weight is 259 g/mol. The number of hydrogen-bond donors (Lipinski definition) is 1. The van der Waals surface area contributed by atoms with Crippen LogP contribution >= 0.6 is 0 Å². The molecule has 1 unspecified atom stereocenters. The minimum atomic E-state index is -0.335. The Bertz CT molecular complexity index is 481. The van der Waals surface area contributed by atoms with Crippen molar-refractivity contribution in [3.63, 3.8) is 0 Å². The van der Waals surface area contributed by atoms with E-state index in [1.165, 1.54) is 5.56 Å². The van der Waals surface area contributed by atoms with Gasteiger partial charge in [0, 0.05) is 13.0 Å². The van der Waals surface area contributed by atoms with Crippen LogP contribution in [0.2, 0.25) is 0 Å². The first-order chi connectivity index (χ1) is 9.29. The van der Waals surface area contributed by atoms with Gasteiger partial charge in [0.25, 0.3) is 0 Å². The number of rotatable bonds is 7. The standard InChI is InChI=1S/C15H21N3O/c1-2-18-15(16-12-17-18)11-14(19)10-6-9-13-7-4-3-5-8-13/h3-5,7-8,12,14,19H,2,6,9-11H2,1H3. The Labute approximate surface area is 114 Å². The molecule has 2 aromatic rings. The van der Waals surface area contributed by atoms with Gasteiger partial charge in [-0.25, -0.2) is 4.98 Å². The summed E-state index contributed by atoms with van der Waals surface area (Å²) >= 11 is 0. The van der Waals surface area contributed by atoms with Crippen LogP contribution in [-0.2, 0) is 19.4 Å². The smallest absolute Gasteiger partial charge is 0.138 e. The molecule has 0 aliphatic heterocycles. The first kappa shape index (κ1) is 13.7. The van der Waals surface area contributed by atoms with Crippen LogP contribution in [0.15, 0.2) is 36.7 Å². The number of hydrogen-bond acceptors (Lipinski definition) is 3. The van der Waals surface area contributed by atoms with E-state index in [-0.39, 0.29) is 6.10 Å². The molecule has 1 atom stereocenters. The Morgan fingerprint density at radius 1 is 1.26 bits per heavy atom. The van der Waals surface area contributed by atoms with Gasteiger partial charge in [-0.15, -0.1) is 0 Å². The second-order valence-corrected chi connectivity index (χ2v) is 4.73. The largest absolute Gasteiger partial charge is 0.393 e. The van der Waals surface area contributed by atoms with Crippen molar-refractivity contribution in [2.24, 2.45) is 0 Å². The molecule has 1 aromatic heterocycles. The fourth-order valence-corrected chi connectivity index (χ4v) is 2.21. The van der Waals surface area contributed by atoms with Crippen LogP contribution in [-0.4, -0.2) is 26.0 Å². The molecule has 0 amide bonds. The van der Waals surface area contributed by atoms with Crippen molar-refractivity contribution >= 4 is 0 Å². The molecule has 1 N–H and O–H groups in total. The molecule has 4 nitrogen and oxygen atoms in total. The number of aromatic nitrogens is 3. The zero-order chi connectivity index (χ0) is 13.5. The van der Waals surface area contributed by atoms with E-state index in [4.69, 9.17) is 0 Å². The Morgan fingerprint density at radius 2 is 2.05 bits per heavy atom. The molecular weight excluding hydrogens is 238 g/mol. The monoisotopic (exact) mass is 259 g/mol. The Hall–Kier alpha value is -1.68. The summed E-state index contributed by atoms with van der Waals surface area (Å²) in [6, 6.07) is 10.4. The summed E-state index contributed by atoms with van der Waals surface area (Å²) in [7, 11) is 0. The Balaban J connectivity index is 1.74. The molecule has 1 heterocycles. The fraction of sp³-hybridized carbons (Fsp3) is 0.467. The third kappa shape index (κ3) is 4.17. The summed E-state index contributed by atoms with van der Waals surface area (Å²) in [5.74, 6) is 0.870. The maximum Gasteiger partial charge on any atom is 0.138 e. The normalized spacial score (nSPS) is 12.5. The number of aryl methyl sites for hydroxylation is 2. The van der Waals surface area contributed by atoms with Crippen LogP contribution in [0.5, 0.6) is 0 Å². The molecule has 1 aromatic carbocycles. The van der Waals surface area contributed by atoms with Crippen molar-refractivity contribution in [1.82, 2.24) is 14.8 Å². The average Bonchev–Trinajstić information content (AvgIpc) is 2.87. The Morgan fingerprint density at radius 3 is 2.79 bits per heavy atom. The first-order valence-corrected chi connectivity index (χ1v) is 6.88. The SMILES string of the molecule is CCn1ncnc1CC(O)CCCc1ccccc1. The van der Waals surface area contributed by atoms with E-state index in [1.54, 1.807) is 6.33 Å². The second-order valence-electron chi connectivity index (χ2n) is 4.73. The lowest BCUT2D eigenvalue weighted by molar-refractivity contribution is 0.158. The minimum Gasteiger partial charge on any atom is -0.393 e. The lowest BCUT2D eigenvalue weighted by atomic mass is 10.0. The highest BCUT2D eigenvalue weighted by atomic mass is 16.3. The first-order valence-electron chi connectivity index (χ1n) is 6.88. The molecule has 0 saturated heterocycles.